The van der Waals surface area contributed by atoms with Gasteiger partial charge in [-0.25, -0.2) is 4.79 Å². The molecule has 1 aliphatic carbocycles. The van der Waals surface area contributed by atoms with Gasteiger partial charge in [-0.2, -0.15) is 0 Å². The van der Waals surface area contributed by atoms with E-state index in [-0.39, 0.29) is 18.3 Å². The van der Waals surface area contributed by atoms with Gasteiger partial charge in [0.25, 0.3) is 0 Å². The molecule has 4 aliphatic rings. The largest absolute Gasteiger partial charge is 0.497 e. The Morgan fingerprint density at radius 3 is 2.36 bits per heavy atom. The third-order valence-corrected chi connectivity index (χ3v) is 14.1. The van der Waals surface area contributed by atoms with E-state index in [9.17, 15) is 9.59 Å². The molecule has 0 N–H and O–H groups in total. The van der Waals surface area contributed by atoms with Crippen molar-refractivity contribution in [1.29, 1.82) is 0 Å². The normalized spacial score (nSPS) is 35.9. The molecule has 7 atom stereocenters. The predicted octanol–water partition coefficient (Wildman–Crippen LogP) is 4.18. The van der Waals surface area contributed by atoms with Gasteiger partial charge in [-0.15, -0.1) is 0 Å². The number of fused-ring (bicyclic) bond motifs is 6. The highest BCUT2D eigenvalue weighted by Crippen LogP contribution is 2.63. The van der Waals surface area contributed by atoms with Crippen molar-refractivity contribution in [1.82, 2.24) is 0 Å². The van der Waals surface area contributed by atoms with Crippen LogP contribution in [-0.2, 0) is 37.7 Å². The zero-order chi connectivity index (χ0) is 28.2. The molecule has 0 aromatic heterocycles. The summed E-state index contributed by atoms with van der Waals surface area (Å²) in [5.41, 5.74) is -1.16. The minimum absolute atomic E-state index is 0.00385. The van der Waals surface area contributed by atoms with Crippen LogP contribution in [0.3, 0.4) is 0 Å². The van der Waals surface area contributed by atoms with Crippen molar-refractivity contribution >= 4 is 20.3 Å². The molecule has 0 amide bonds. The Morgan fingerprint density at radius 2 is 1.77 bits per heavy atom. The molecule has 3 aliphatic heterocycles. The van der Waals surface area contributed by atoms with Crippen molar-refractivity contribution in [2.75, 3.05) is 34.0 Å². The lowest BCUT2D eigenvalue weighted by Crippen LogP contribution is -2.68. The van der Waals surface area contributed by atoms with Crippen molar-refractivity contribution < 1.29 is 42.4 Å². The third kappa shape index (κ3) is 4.54. The summed E-state index contributed by atoms with van der Waals surface area (Å²) in [6.07, 6.45) is 1.63. The second-order valence-corrected chi connectivity index (χ2v) is 17.4. The van der Waals surface area contributed by atoms with Gasteiger partial charge in [-0.05, 0) is 30.3 Å². The molecule has 0 radical (unpaired) electrons. The maximum absolute atomic E-state index is 13.8. The summed E-state index contributed by atoms with van der Waals surface area (Å²) in [6, 6.07) is 7.46. The predicted molar refractivity (Wildman–Crippen MR) is 143 cm³/mol. The first-order valence-electron chi connectivity index (χ1n) is 13.5. The second-order valence-electron chi connectivity index (χ2n) is 12.6. The number of esters is 2. The quantitative estimate of drug-likeness (QED) is 0.375. The van der Waals surface area contributed by atoms with Crippen LogP contribution in [-0.4, -0.2) is 72.6 Å². The Hall–Kier alpha value is -2.24. The maximum atomic E-state index is 13.8. The van der Waals surface area contributed by atoms with Crippen LogP contribution >= 0.6 is 0 Å². The average Bonchev–Trinajstić information content (AvgIpc) is 3.32. The van der Waals surface area contributed by atoms with Crippen LogP contribution in [0.25, 0.3) is 0 Å². The number of cyclic esters (lactones) is 1. The summed E-state index contributed by atoms with van der Waals surface area (Å²) < 4.78 is 42.6. The first-order chi connectivity index (χ1) is 18.4. The minimum atomic E-state index is -2.12. The van der Waals surface area contributed by atoms with Crippen LogP contribution in [0.15, 0.2) is 36.4 Å². The summed E-state index contributed by atoms with van der Waals surface area (Å²) in [4.78, 5) is 26.0. The second kappa shape index (κ2) is 9.99. The first kappa shape index (κ1) is 28.3. The van der Waals surface area contributed by atoms with Crippen molar-refractivity contribution in [2.45, 2.75) is 69.9 Å². The van der Waals surface area contributed by atoms with E-state index < -0.39 is 61.6 Å². The van der Waals surface area contributed by atoms with Gasteiger partial charge in [0.15, 0.2) is 14.6 Å². The standard InChI is InChI=1S/C29H40O9Si/c1-27(2,3)39(6,7)36-15-20-24-28(13-12-23(30)35-16-28)21-14-22(29(24,17-34-20)26(31)33-5)38-25(37-21)18-8-10-19(32-4)11-9-18/h8-13,20-22,24-25H,14-17H2,1-7H3/t20-,21-,22+,24+,25+,28+,29-/m0/s1. The number of rotatable bonds is 6. The third-order valence-electron chi connectivity index (χ3n) is 9.58. The van der Waals surface area contributed by atoms with Gasteiger partial charge in [0.05, 0.1) is 51.2 Å². The number of carbonyl (C=O) groups is 2. The number of benzene rings is 1. The lowest BCUT2D eigenvalue weighted by atomic mass is 9.51. The van der Waals surface area contributed by atoms with E-state index in [4.69, 9.17) is 32.8 Å². The Kier molecular flexibility index (Phi) is 7.25. The van der Waals surface area contributed by atoms with Gasteiger partial charge in [-0.3, -0.25) is 4.79 Å². The van der Waals surface area contributed by atoms with Gasteiger partial charge in [0.1, 0.15) is 17.8 Å². The van der Waals surface area contributed by atoms with E-state index in [0.29, 0.717) is 18.8 Å². The number of hydrogen-bond acceptors (Lipinski definition) is 9. The minimum Gasteiger partial charge on any atom is -0.497 e. The molecular formula is C29H40O9Si. The van der Waals surface area contributed by atoms with Crippen LogP contribution in [0.2, 0.25) is 18.1 Å². The van der Waals surface area contributed by atoms with Gasteiger partial charge in [0.2, 0.25) is 0 Å². The van der Waals surface area contributed by atoms with Crippen LogP contribution in [0, 0.1) is 16.7 Å². The summed E-state index contributed by atoms with van der Waals surface area (Å²) in [7, 11) is 0.878. The van der Waals surface area contributed by atoms with E-state index in [0.717, 1.165) is 5.56 Å². The zero-order valence-corrected chi connectivity index (χ0v) is 24.9. The fourth-order valence-electron chi connectivity index (χ4n) is 6.38. The highest BCUT2D eigenvalue weighted by atomic mass is 28.4. The number of ether oxygens (including phenoxy) is 6. The van der Waals surface area contributed by atoms with Crippen LogP contribution < -0.4 is 4.74 Å². The number of carbonyl (C=O) groups excluding carboxylic acids is 2. The van der Waals surface area contributed by atoms with Crippen molar-refractivity contribution in [3.63, 3.8) is 0 Å². The van der Waals surface area contributed by atoms with E-state index in [1.54, 1.807) is 7.11 Å². The van der Waals surface area contributed by atoms with E-state index in [1.807, 2.05) is 30.3 Å². The van der Waals surface area contributed by atoms with Gasteiger partial charge >= 0.3 is 11.9 Å². The topological polar surface area (TPSA) is 98.8 Å². The first-order valence-corrected chi connectivity index (χ1v) is 16.4. The smallest absolute Gasteiger partial charge is 0.330 e. The summed E-state index contributed by atoms with van der Waals surface area (Å²) in [6.45, 7) is 11.4. The highest BCUT2D eigenvalue weighted by Gasteiger charge is 2.74. The molecule has 2 saturated heterocycles. The number of hydrogen-bond donors (Lipinski definition) is 0. The van der Waals surface area contributed by atoms with Crippen LogP contribution in [0.5, 0.6) is 5.75 Å². The molecule has 3 heterocycles. The van der Waals surface area contributed by atoms with Crippen molar-refractivity contribution in [3.05, 3.63) is 42.0 Å². The maximum Gasteiger partial charge on any atom is 0.330 e. The molecule has 39 heavy (non-hydrogen) atoms. The molecule has 1 aromatic rings. The highest BCUT2D eigenvalue weighted by molar-refractivity contribution is 6.74. The Bertz CT molecular complexity index is 1130. The van der Waals surface area contributed by atoms with Gasteiger partial charge in [-0.1, -0.05) is 39.0 Å². The zero-order valence-electron chi connectivity index (χ0n) is 23.9. The molecule has 10 heteroatoms. The Morgan fingerprint density at radius 1 is 1.08 bits per heavy atom. The van der Waals surface area contributed by atoms with Crippen LogP contribution in [0.4, 0.5) is 0 Å². The number of methoxy groups -OCH3 is 2. The fourth-order valence-corrected chi connectivity index (χ4v) is 7.40. The van der Waals surface area contributed by atoms with E-state index in [2.05, 4.69) is 33.9 Å². The molecule has 3 fully saturated rings. The van der Waals surface area contributed by atoms with Gasteiger partial charge < -0.3 is 32.8 Å². The molecule has 5 rings (SSSR count). The van der Waals surface area contributed by atoms with Crippen LogP contribution in [0.1, 0.15) is 39.0 Å². The molecule has 1 aromatic carbocycles. The van der Waals surface area contributed by atoms with E-state index in [1.165, 1.54) is 13.2 Å². The Labute approximate surface area is 231 Å². The Balaban J connectivity index is 1.57. The molecule has 0 unspecified atom stereocenters. The molecule has 214 valence electrons. The molecule has 2 bridgehead atoms. The lowest BCUT2D eigenvalue weighted by molar-refractivity contribution is -0.328. The summed E-state index contributed by atoms with van der Waals surface area (Å²) >= 11 is 0. The fraction of sp³-hybridized carbons (Fsp3) is 0.655. The molecular weight excluding hydrogens is 520 g/mol. The van der Waals surface area contributed by atoms with Crippen molar-refractivity contribution in [2.24, 2.45) is 16.7 Å². The summed E-state index contributed by atoms with van der Waals surface area (Å²) in [5.74, 6) is -0.552. The monoisotopic (exact) mass is 560 g/mol. The molecule has 9 nitrogen and oxygen atoms in total. The molecule has 1 spiro atoms. The van der Waals surface area contributed by atoms with Crippen molar-refractivity contribution in [3.8, 4) is 5.75 Å². The van der Waals surface area contributed by atoms with Gasteiger partial charge in [0, 0.05) is 24.0 Å². The summed E-state index contributed by atoms with van der Waals surface area (Å²) in [5, 5.41) is 0.00385. The lowest BCUT2D eigenvalue weighted by Gasteiger charge is -2.59. The SMILES string of the molecule is COC(=O)[C@]12CO[C@@H](CO[Si](C)(C)C(C)(C)C)[C@@H]1[C@@]1(C=CC(=O)OC1)[C@@H]1C[C@H]2O[C@H](c2ccc(OC)cc2)O1. The molecule has 1 saturated carbocycles. The average molecular weight is 561 g/mol. The van der Waals surface area contributed by atoms with E-state index >= 15 is 0 Å².